The summed E-state index contributed by atoms with van der Waals surface area (Å²) < 4.78 is 0. The van der Waals surface area contributed by atoms with E-state index in [4.69, 9.17) is 0 Å². The van der Waals surface area contributed by atoms with Gasteiger partial charge in [0.25, 0.3) is 0 Å². The van der Waals surface area contributed by atoms with Gasteiger partial charge in [0.1, 0.15) is 22.5 Å². The zero-order valence-corrected chi connectivity index (χ0v) is 12.5. The normalized spacial score (nSPS) is 12.0. The molecule has 0 radical (unpaired) electrons. The van der Waals surface area contributed by atoms with Crippen molar-refractivity contribution in [2.75, 3.05) is 0 Å². The van der Waals surface area contributed by atoms with Gasteiger partial charge in [0.15, 0.2) is 0 Å². The van der Waals surface area contributed by atoms with Crippen LogP contribution in [0.2, 0.25) is 0 Å². The van der Waals surface area contributed by atoms with E-state index in [1.54, 1.807) is 6.07 Å². The second-order valence-corrected chi connectivity index (χ2v) is 6.54. The molecule has 4 nitrogen and oxygen atoms in total. The minimum atomic E-state index is 0.187. The summed E-state index contributed by atoms with van der Waals surface area (Å²) in [5.74, 6) is 0.206. The van der Waals surface area contributed by atoms with Gasteiger partial charge in [-0.3, -0.25) is 0 Å². The Kier molecular flexibility index (Phi) is 3.16. The third kappa shape index (κ3) is 2.89. The monoisotopic (exact) mass is 281 g/mol. The lowest BCUT2D eigenvalue weighted by Crippen LogP contribution is -2.09. The van der Waals surface area contributed by atoms with Crippen molar-refractivity contribution in [1.29, 1.82) is 0 Å². The molecule has 3 rings (SSSR count). The lowest BCUT2D eigenvalue weighted by atomic mass is 9.88. The fraction of sp³-hybridized carbons (Fsp3) is 0.294. The van der Waals surface area contributed by atoms with Crippen LogP contribution in [0.4, 0.5) is 0 Å². The molecule has 108 valence electrons. The van der Waals surface area contributed by atoms with Crippen LogP contribution in [0.15, 0.2) is 42.5 Å². The lowest BCUT2D eigenvalue weighted by Gasteiger charge is -2.18. The number of nitrogens with zero attached hydrogens (tertiary/aromatic N) is 3. The molecular weight excluding hydrogens is 262 g/mol. The first kappa shape index (κ1) is 13.6. The molecule has 0 saturated heterocycles. The molecule has 2 aromatic carbocycles. The van der Waals surface area contributed by atoms with Crippen LogP contribution in [0.1, 0.15) is 26.3 Å². The highest BCUT2D eigenvalue weighted by atomic mass is 16.3. The molecule has 1 heterocycles. The van der Waals surface area contributed by atoms with E-state index in [1.165, 1.54) is 4.80 Å². The molecule has 3 aromatic rings. The molecule has 0 saturated carbocycles. The topological polar surface area (TPSA) is 50.9 Å². The average Bonchev–Trinajstić information content (AvgIpc) is 2.80. The molecule has 0 atom stereocenters. The van der Waals surface area contributed by atoms with Gasteiger partial charge >= 0.3 is 0 Å². The summed E-state index contributed by atoms with van der Waals surface area (Å²) in [7, 11) is 0. The van der Waals surface area contributed by atoms with Crippen LogP contribution in [-0.4, -0.2) is 20.1 Å². The Hall–Kier alpha value is -2.36. The van der Waals surface area contributed by atoms with Gasteiger partial charge in [0.2, 0.25) is 0 Å². The Morgan fingerprint density at radius 3 is 2.14 bits per heavy atom. The number of aromatic hydroxyl groups is 1. The summed E-state index contributed by atoms with van der Waals surface area (Å²) in [6, 6.07) is 13.4. The average molecular weight is 281 g/mol. The van der Waals surface area contributed by atoms with Crippen molar-refractivity contribution < 1.29 is 5.11 Å². The molecule has 1 aromatic heterocycles. The van der Waals surface area contributed by atoms with Crippen LogP contribution in [0.3, 0.4) is 0 Å². The van der Waals surface area contributed by atoms with E-state index < -0.39 is 0 Å². The highest BCUT2D eigenvalue weighted by Gasteiger charge is 2.14. The molecule has 0 aliphatic heterocycles. The van der Waals surface area contributed by atoms with Gasteiger partial charge in [-0.1, -0.05) is 39.0 Å². The van der Waals surface area contributed by atoms with E-state index in [0.29, 0.717) is 5.69 Å². The highest BCUT2D eigenvalue weighted by molar-refractivity contribution is 5.73. The number of benzene rings is 2. The zero-order chi connectivity index (χ0) is 15.0. The standard InChI is InChI=1S/C17H19N3O/c1-17(2,3)11-12-8-9-15(16(21)10-12)20-18-13-6-4-5-7-14(13)19-20/h4-10,21H,11H2,1-3H3. The Morgan fingerprint density at radius 1 is 1.00 bits per heavy atom. The minimum Gasteiger partial charge on any atom is -0.506 e. The third-order valence-electron chi connectivity index (χ3n) is 3.28. The van der Waals surface area contributed by atoms with Crippen LogP contribution in [-0.2, 0) is 6.42 Å². The molecule has 0 amide bonds. The van der Waals surface area contributed by atoms with Gasteiger partial charge in [0, 0.05) is 0 Å². The van der Waals surface area contributed by atoms with Crippen molar-refractivity contribution in [1.82, 2.24) is 15.0 Å². The fourth-order valence-corrected chi connectivity index (χ4v) is 2.43. The van der Waals surface area contributed by atoms with Crippen molar-refractivity contribution in [2.24, 2.45) is 5.41 Å². The maximum atomic E-state index is 10.3. The number of phenolic OH excluding ortho intramolecular Hbond substituents is 1. The molecule has 4 heteroatoms. The fourth-order valence-electron chi connectivity index (χ4n) is 2.43. The molecule has 0 spiro atoms. The number of aromatic nitrogens is 3. The molecule has 21 heavy (non-hydrogen) atoms. The Labute approximate surface area is 124 Å². The molecule has 0 unspecified atom stereocenters. The third-order valence-corrected chi connectivity index (χ3v) is 3.28. The predicted octanol–water partition coefficient (Wildman–Crippen LogP) is 3.71. The van der Waals surface area contributed by atoms with Crippen molar-refractivity contribution in [3.63, 3.8) is 0 Å². The van der Waals surface area contributed by atoms with Crippen molar-refractivity contribution in [3.8, 4) is 11.4 Å². The minimum absolute atomic E-state index is 0.187. The first-order chi connectivity index (χ1) is 9.92. The van der Waals surface area contributed by atoms with E-state index in [2.05, 4.69) is 31.0 Å². The van der Waals surface area contributed by atoms with Gasteiger partial charge in [-0.25, -0.2) is 0 Å². The first-order valence-corrected chi connectivity index (χ1v) is 7.07. The van der Waals surface area contributed by atoms with Crippen molar-refractivity contribution in [3.05, 3.63) is 48.0 Å². The molecule has 1 N–H and O–H groups in total. The first-order valence-electron chi connectivity index (χ1n) is 7.07. The second kappa shape index (κ2) is 4.88. The lowest BCUT2D eigenvalue weighted by molar-refractivity contribution is 0.409. The van der Waals surface area contributed by atoms with Gasteiger partial charge in [-0.15, -0.1) is 15.0 Å². The maximum absolute atomic E-state index is 10.3. The Morgan fingerprint density at radius 2 is 1.62 bits per heavy atom. The van der Waals surface area contributed by atoms with E-state index in [0.717, 1.165) is 23.0 Å². The Bertz CT molecular complexity index is 751. The van der Waals surface area contributed by atoms with Gasteiger partial charge in [-0.05, 0) is 41.7 Å². The number of rotatable bonds is 2. The van der Waals surface area contributed by atoms with Crippen molar-refractivity contribution >= 4 is 11.0 Å². The molecular formula is C17H19N3O. The SMILES string of the molecule is CC(C)(C)Cc1ccc(-n2nc3ccccc3n2)c(O)c1. The highest BCUT2D eigenvalue weighted by Crippen LogP contribution is 2.27. The van der Waals surface area contributed by atoms with E-state index in [9.17, 15) is 5.11 Å². The summed E-state index contributed by atoms with van der Waals surface area (Å²) >= 11 is 0. The molecule has 0 aliphatic rings. The number of phenols is 1. The van der Waals surface area contributed by atoms with Gasteiger partial charge in [-0.2, -0.15) is 0 Å². The van der Waals surface area contributed by atoms with Gasteiger partial charge in [0.05, 0.1) is 0 Å². The van der Waals surface area contributed by atoms with Crippen LogP contribution in [0.25, 0.3) is 16.7 Å². The summed E-state index contributed by atoms with van der Waals surface area (Å²) in [5.41, 5.74) is 3.53. The summed E-state index contributed by atoms with van der Waals surface area (Å²) in [4.78, 5) is 1.49. The predicted molar refractivity (Wildman–Crippen MR) is 83.7 cm³/mol. The van der Waals surface area contributed by atoms with E-state index in [-0.39, 0.29) is 11.2 Å². The number of fused-ring (bicyclic) bond motifs is 1. The van der Waals surface area contributed by atoms with Gasteiger partial charge < -0.3 is 5.11 Å². The van der Waals surface area contributed by atoms with Crippen LogP contribution in [0, 0.1) is 5.41 Å². The van der Waals surface area contributed by atoms with Crippen LogP contribution < -0.4 is 0 Å². The molecule has 0 fully saturated rings. The van der Waals surface area contributed by atoms with E-state index >= 15 is 0 Å². The summed E-state index contributed by atoms with van der Waals surface area (Å²) in [6.07, 6.45) is 0.912. The molecule has 0 aliphatic carbocycles. The zero-order valence-electron chi connectivity index (χ0n) is 12.5. The van der Waals surface area contributed by atoms with E-state index in [1.807, 2.05) is 36.4 Å². The Balaban J connectivity index is 1.99. The second-order valence-electron chi connectivity index (χ2n) is 6.54. The summed E-state index contributed by atoms with van der Waals surface area (Å²) in [5, 5.41) is 19.1. The van der Waals surface area contributed by atoms with Crippen LogP contribution in [0.5, 0.6) is 5.75 Å². The smallest absolute Gasteiger partial charge is 0.143 e. The quantitative estimate of drug-likeness (QED) is 0.779. The maximum Gasteiger partial charge on any atom is 0.143 e. The number of hydrogen-bond donors (Lipinski definition) is 1. The molecule has 0 bridgehead atoms. The number of hydrogen-bond acceptors (Lipinski definition) is 3. The largest absolute Gasteiger partial charge is 0.506 e. The summed E-state index contributed by atoms with van der Waals surface area (Å²) in [6.45, 7) is 6.54. The van der Waals surface area contributed by atoms with Crippen molar-refractivity contribution in [2.45, 2.75) is 27.2 Å². The van der Waals surface area contributed by atoms with Crippen LogP contribution >= 0.6 is 0 Å².